The molecule has 2 N–H and O–H groups in total. The van der Waals surface area contributed by atoms with Crippen LogP contribution in [-0.2, 0) is 0 Å². The lowest BCUT2D eigenvalue weighted by Crippen LogP contribution is -2.35. The number of carbonyl (C=O) groups is 1. The molecule has 1 atom stereocenters. The van der Waals surface area contributed by atoms with Gasteiger partial charge in [0.1, 0.15) is 5.69 Å². The number of nitro groups is 1. The van der Waals surface area contributed by atoms with Gasteiger partial charge < -0.3 is 15.0 Å². The number of amides is 1. The number of nitrogens with one attached hydrogen (secondary N) is 1. The zero-order valence-electron chi connectivity index (χ0n) is 13.7. The minimum Gasteiger partial charge on any atom is -0.391 e. The second-order valence-electron chi connectivity index (χ2n) is 6.25. The fraction of sp³-hybridized carbons (Fsp3) is 0.412. The lowest BCUT2D eigenvalue weighted by atomic mass is 10.0. The molecule has 1 aliphatic carbocycles. The van der Waals surface area contributed by atoms with Gasteiger partial charge in [-0.25, -0.2) is 4.98 Å². The van der Waals surface area contributed by atoms with Gasteiger partial charge in [0.05, 0.1) is 17.4 Å². The van der Waals surface area contributed by atoms with Crippen molar-refractivity contribution in [2.75, 3.05) is 6.54 Å². The highest BCUT2D eigenvalue weighted by molar-refractivity contribution is 5.95. The van der Waals surface area contributed by atoms with Gasteiger partial charge in [-0.05, 0) is 30.9 Å². The second kappa shape index (κ2) is 7.43. The van der Waals surface area contributed by atoms with Crippen LogP contribution in [-0.4, -0.2) is 38.1 Å². The molecule has 0 saturated heterocycles. The van der Waals surface area contributed by atoms with E-state index in [4.69, 9.17) is 0 Å². The van der Waals surface area contributed by atoms with Crippen LogP contribution in [0.15, 0.2) is 36.9 Å². The summed E-state index contributed by atoms with van der Waals surface area (Å²) in [5.74, 6) is -0.212. The molecule has 8 heteroatoms. The van der Waals surface area contributed by atoms with Crippen LogP contribution in [0.2, 0.25) is 0 Å². The predicted octanol–water partition coefficient (Wildman–Crippen LogP) is 2.06. The zero-order valence-corrected chi connectivity index (χ0v) is 13.7. The largest absolute Gasteiger partial charge is 0.391 e. The van der Waals surface area contributed by atoms with E-state index in [1.165, 1.54) is 35.3 Å². The van der Waals surface area contributed by atoms with Crippen molar-refractivity contribution < 1.29 is 14.8 Å². The van der Waals surface area contributed by atoms with Gasteiger partial charge >= 0.3 is 0 Å². The molecule has 0 aliphatic heterocycles. The molecule has 8 nitrogen and oxygen atoms in total. The molecule has 2 aromatic rings. The number of aromatic nitrogens is 2. The summed E-state index contributed by atoms with van der Waals surface area (Å²) >= 11 is 0. The lowest BCUT2D eigenvalue weighted by molar-refractivity contribution is -0.384. The number of nitrogens with zero attached hydrogens (tertiary/aromatic N) is 3. The minimum atomic E-state index is -0.577. The standard InChI is InChI=1S/C17H20N4O4/c22-16(12-3-1-2-4-12)10-19-17(23)13-5-6-14(15(9-13)21(24)25)20-8-7-18-11-20/h5-9,11-12,16,22H,1-4,10H2,(H,19,23). The Labute approximate surface area is 144 Å². The lowest BCUT2D eigenvalue weighted by Gasteiger charge is -2.18. The number of hydrogen-bond acceptors (Lipinski definition) is 5. The number of imidazole rings is 1. The van der Waals surface area contributed by atoms with Crippen molar-refractivity contribution in [1.29, 1.82) is 0 Å². The van der Waals surface area contributed by atoms with Crippen molar-refractivity contribution in [1.82, 2.24) is 14.9 Å². The molecule has 1 fully saturated rings. The fourth-order valence-corrected chi connectivity index (χ4v) is 3.24. The van der Waals surface area contributed by atoms with E-state index in [-0.39, 0.29) is 23.7 Å². The van der Waals surface area contributed by atoms with Crippen LogP contribution >= 0.6 is 0 Å². The fourth-order valence-electron chi connectivity index (χ4n) is 3.24. The Morgan fingerprint density at radius 3 is 2.84 bits per heavy atom. The third-order valence-electron chi connectivity index (χ3n) is 4.63. The Morgan fingerprint density at radius 2 is 2.20 bits per heavy atom. The molecule has 1 aliphatic rings. The van der Waals surface area contributed by atoms with Crippen LogP contribution in [0.1, 0.15) is 36.0 Å². The van der Waals surface area contributed by atoms with E-state index in [9.17, 15) is 20.0 Å². The summed E-state index contributed by atoms with van der Waals surface area (Å²) in [4.78, 5) is 27.0. The molecule has 1 heterocycles. The molecule has 0 bridgehead atoms. The normalized spacial score (nSPS) is 15.9. The Bertz CT molecular complexity index is 754. The maximum atomic E-state index is 12.3. The first-order chi connectivity index (χ1) is 12.1. The minimum absolute atomic E-state index is 0.153. The Hall–Kier alpha value is -2.74. The van der Waals surface area contributed by atoms with E-state index in [1.807, 2.05) is 0 Å². The number of hydrogen-bond donors (Lipinski definition) is 2. The third kappa shape index (κ3) is 3.85. The van der Waals surface area contributed by atoms with Crippen LogP contribution in [0.5, 0.6) is 0 Å². The Morgan fingerprint density at radius 1 is 1.44 bits per heavy atom. The van der Waals surface area contributed by atoms with Crippen LogP contribution in [0.3, 0.4) is 0 Å². The van der Waals surface area contributed by atoms with Gasteiger partial charge in [0, 0.05) is 30.6 Å². The molecular weight excluding hydrogens is 324 g/mol. The number of aliphatic hydroxyl groups is 1. The Kier molecular flexibility index (Phi) is 5.08. The highest BCUT2D eigenvalue weighted by Gasteiger charge is 2.24. The van der Waals surface area contributed by atoms with Crippen LogP contribution in [0.4, 0.5) is 5.69 Å². The summed E-state index contributed by atoms with van der Waals surface area (Å²) in [6.45, 7) is 0.153. The summed E-state index contributed by atoms with van der Waals surface area (Å²) in [5, 5.41) is 24.1. The van der Waals surface area contributed by atoms with Crippen LogP contribution < -0.4 is 5.32 Å². The van der Waals surface area contributed by atoms with Crippen LogP contribution in [0.25, 0.3) is 5.69 Å². The van der Waals surface area contributed by atoms with E-state index in [2.05, 4.69) is 10.3 Å². The van der Waals surface area contributed by atoms with Crippen molar-refractivity contribution in [3.05, 3.63) is 52.6 Å². The first-order valence-electron chi connectivity index (χ1n) is 8.29. The number of rotatable bonds is 6. The van der Waals surface area contributed by atoms with E-state index < -0.39 is 16.9 Å². The van der Waals surface area contributed by atoms with Gasteiger partial charge in [-0.3, -0.25) is 14.9 Å². The molecule has 1 aromatic carbocycles. The van der Waals surface area contributed by atoms with E-state index >= 15 is 0 Å². The molecule has 1 unspecified atom stereocenters. The highest BCUT2D eigenvalue weighted by atomic mass is 16.6. The zero-order chi connectivity index (χ0) is 17.8. The van der Waals surface area contributed by atoms with Crippen LogP contribution in [0, 0.1) is 16.0 Å². The average Bonchev–Trinajstić information content (AvgIpc) is 3.32. The number of benzene rings is 1. The molecule has 0 spiro atoms. The summed E-state index contributed by atoms with van der Waals surface area (Å²) in [5.41, 5.74) is 0.348. The molecule has 132 valence electrons. The van der Waals surface area contributed by atoms with Gasteiger partial charge in [0.2, 0.25) is 0 Å². The first-order valence-corrected chi connectivity index (χ1v) is 8.29. The van der Waals surface area contributed by atoms with Crippen molar-refractivity contribution >= 4 is 11.6 Å². The van der Waals surface area contributed by atoms with Crippen molar-refractivity contribution in [3.8, 4) is 5.69 Å². The molecule has 1 aromatic heterocycles. The van der Waals surface area contributed by atoms with Crippen molar-refractivity contribution in [3.63, 3.8) is 0 Å². The van der Waals surface area contributed by atoms with E-state index in [1.54, 1.807) is 6.20 Å². The Balaban J connectivity index is 1.72. The third-order valence-corrected chi connectivity index (χ3v) is 4.63. The quantitative estimate of drug-likeness (QED) is 0.615. The van der Waals surface area contributed by atoms with Gasteiger partial charge in [-0.15, -0.1) is 0 Å². The second-order valence-corrected chi connectivity index (χ2v) is 6.25. The predicted molar refractivity (Wildman–Crippen MR) is 90.5 cm³/mol. The average molecular weight is 344 g/mol. The molecule has 3 rings (SSSR count). The van der Waals surface area contributed by atoms with Gasteiger partial charge in [0.25, 0.3) is 11.6 Å². The topological polar surface area (TPSA) is 110 Å². The molecular formula is C17H20N4O4. The monoisotopic (exact) mass is 344 g/mol. The summed E-state index contributed by atoms with van der Waals surface area (Å²) in [6.07, 6.45) is 8.17. The smallest absolute Gasteiger partial charge is 0.294 e. The molecule has 1 amide bonds. The van der Waals surface area contributed by atoms with Gasteiger partial charge in [-0.2, -0.15) is 0 Å². The maximum absolute atomic E-state index is 12.3. The molecule has 25 heavy (non-hydrogen) atoms. The molecule has 1 saturated carbocycles. The maximum Gasteiger partial charge on any atom is 0.294 e. The van der Waals surface area contributed by atoms with Crippen molar-refractivity contribution in [2.45, 2.75) is 31.8 Å². The summed E-state index contributed by atoms with van der Waals surface area (Å²) in [6, 6.07) is 4.29. The highest BCUT2D eigenvalue weighted by Crippen LogP contribution is 2.27. The number of aliphatic hydroxyl groups excluding tert-OH is 1. The summed E-state index contributed by atoms with van der Waals surface area (Å²) < 4.78 is 1.52. The van der Waals surface area contributed by atoms with E-state index in [0.717, 1.165) is 25.7 Å². The van der Waals surface area contributed by atoms with Gasteiger partial charge in [0.15, 0.2) is 0 Å². The SMILES string of the molecule is O=C(NCC(O)C1CCCC1)c1ccc(-n2ccnc2)c([N+](=O)[O-])c1. The number of carbonyl (C=O) groups excluding carboxylic acids is 1. The van der Waals surface area contributed by atoms with Crippen molar-refractivity contribution in [2.24, 2.45) is 5.92 Å². The molecule has 0 radical (unpaired) electrons. The first kappa shape index (κ1) is 17.1. The van der Waals surface area contributed by atoms with Gasteiger partial charge in [-0.1, -0.05) is 12.8 Å². The summed E-state index contributed by atoms with van der Waals surface area (Å²) in [7, 11) is 0. The number of nitro benzene ring substituents is 1. The van der Waals surface area contributed by atoms with E-state index in [0.29, 0.717) is 5.69 Å².